The van der Waals surface area contributed by atoms with Crippen LogP contribution in [0.2, 0.25) is 0 Å². The molecule has 5 aliphatic rings. The summed E-state index contributed by atoms with van der Waals surface area (Å²) in [5.41, 5.74) is 17.0. The highest BCUT2D eigenvalue weighted by Crippen LogP contribution is 2.53. The summed E-state index contributed by atoms with van der Waals surface area (Å²) in [5.74, 6) is -0.537. The molecule has 5 aliphatic heterocycles. The molecule has 10 N–H and O–H groups in total. The normalized spacial score (nSPS) is 46.2. The van der Waals surface area contributed by atoms with E-state index in [-0.39, 0.29) is 17.0 Å². The van der Waals surface area contributed by atoms with Crippen LogP contribution in [0.5, 0.6) is 0 Å². The van der Waals surface area contributed by atoms with Crippen molar-refractivity contribution in [3.05, 3.63) is 6.33 Å². The first kappa shape index (κ1) is 31.6. The number of aromatic nitrogens is 5. The van der Waals surface area contributed by atoms with Crippen molar-refractivity contribution in [2.45, 2.75) is 67.7 Å². The van der Waals surface area contributed by atoms with Gasteiger partial charge in [0.2, 0.25) is 5.91 Å². The summed E-state index contributed by atoms with van der Waals surface area (Å²) in [4.78, 5) is 41.7. The van der Waals surface area contributed by atoms with E-state index in [0.717, 1.165) is 11.0 Å². The second-order valence-electron chi connectivity index (χ2n) is 10.4. The molecule has 0 saturated carbocycles. The minimum absolute atomic E-state index is 0.0178. The second-order valence-corrected chi connectivity index (χ2v) is 14.6. The Kier molecular flexibility index (Phi) is 8.13. The lowest BCUT2D eigenvalue weighted by atomic mass is 10.1. The van der Waals surface area contributed by atoms with Gasteiger partial charge in [0.25, 0.3) is 0 Å². The zero-order chi connectivity index (χ0) is 31.8. The van der Waals surface area contributed by atoms with Gasteiger partial charge in [0, 0.05) is 0 Å². The monoisotopic (exact) mass is 702 g/mol. The summed E-state index contributed by atoms with van der Waals surface area (Å²) in [7, 11) is -5.15. The minimum Gasteiger partial charge on any atom is -0.382 e. The van der Waals surface area contributed by atoms with Crippen LogP contribution in [0.4, 0.5) is 14.6 Å². The van der Waals surface area contributed by atoms with Gasteiger partial charge >= 0.3 is 14.5 Å². The highest BCUT2D eigenvalue weighted by molar-refractivity contribution is 8.07. The number of fused-ring (bicyclic) bond motifs is 5. The molecular weight excluding hydrogens is 676 g/mol. The van der Waals surface area contributed by atoms with E-state index in [1.165, 1.54) is 5.01 Å². The number of carbonyl (C=O) groups is 1. The van der Waals surface area contributed by atoms with E-state index in [1.807, 2.05) is 0 Å². The number of ether oxygens (including phenoxy) is 2. The standard InChI is InChI=1S/C18H26F2N12O10P2S/c19-6-4-1-37-43(34,35)41-10-5(40-16(7(10)20)31-13-8(27-29-31)12(21)23-3-24-13)2-38-44(36,45)42-11(6)17(39-4)32-14-9(28-30-32)15(33)26-18(22)25-14/h3-7,9-11,14,16-18,25,28,30H,1-2,22H2,(H,26,33)(H,34,35)(H,36,45)(H2,21,23,24)/t4-,5-,6+,7+,9?,10-,11-,14?,16-,17-,18?,44?/m1/s1. The number of carbonyl (C=O) groups excluding carboxylic acids is 1. The van der Waals surface area contributed by atoms with Crippen LogP contribution >= 0.6 is 14.5 Å². The first-order valence-corrected chi connectivity index (χ1v) is 17.2. The Morgan fingerprint density at radius 1 is 1.07 bits per heavy atom. The zero-order valence-corrected chi connectivity index (χ0v) is 25.0. The Morgan fingerprint density at radius 3 is 2.62 bits per heavy atom. The molecule has 2 aromatic rings. The molecule has 7 rings (SSSR count). The molecule has 0 spiro atoms. The summed E-state index contributed by atoms with van der Waals surface area (Å²) < 4.78 is 78.2. The molecule has 22 nitrogen and oxygen atoms in total. The molecule has 27 heteroatoms. The predicted molar refractivity (Wildman–Crippen MR) is 143 cm³/mol. The summed E-state index contributed by atoms with van der Waals surface area (Å²) in [6.07, 6.45) is -14.9. The van der Waals surface area contributed by atoms with Crippen LogP contribution in [0, 0.1) is 0 Å². The fourth-order valence-corrected chi connectivity index (χ4v) is 7.86. The van der Waals surface area contributed by atoms with E-state index in [1.54, 1.807) is 0 Å². The third-order valence-electron chi connectivity index (χ3n) is 7.54. The average molecular weight is 702 g/mol. The van der Waals surface area contributed by atoms with Gasteiger partial charge in [-0.05, 0) is 11.8 Å². The molecule has 13 atom stereocenters. The molecular formula is C18H26F2N12O10P2S. The fraction of sp³-hybridized carbons (Fsp3) is 0.722. The van der Waals surface area contributed by atoms with Crippen LogP contribution in [0.1, 0.15) is 6.23 Å². The number of hydrogen-bond acceptors (Lipinski definition) is 19. The van der Waals surface area contributed by atoms with Crippen molar-refractivity contribution in [3.8, 4) is 0 Å². The maximum Gasteiger partial charge on any atom is 0.472 e. The van der Waals surface area contributed by atoms with E-state index in [4.69, 9.17) is 50.8 Å². The summed E-state index contributed by atoms with van der Waals surface area (Å²) in [6, 6.07) is -0.921. The maximum absolute atomic E-state index is 15.9. The van der Waals surface area contributed by atoms with E-state index < -0.39 is 101 Å². The lowest BCUT2D eigenvalue weighted by Crippen LogP contribution is -2.71. The van der Waals surface area contributed by atoms with E-state index in [0.29, 0.717) is 0 Å². The summed E-state index contributed by atoms with van der Waals surface area (Å²) >= 11 is 5.14. The number of nitrogens with zero attached hydrogens (tertiary/aromatic N) is 6. The maximum atomic E-state index is 15.9. The van der Waals surface area contributed by atoms with Crippen LogP contribution in [0.15, 0.2) is 6.33 Å². The van der Waals surface area contributed by atoms with Crippen molar-refractivity contribution in [2.75, 3.05) is 18.9 Å². The van der Waals surface area contributed by atoms with Gasteiger partial charge in [-0.1, -0.05) is 5.21 Å². The smallest absolute Gasteiger partial charge is 0.382 e. The Bertz CT molecular complexity index is 1580. The molecule has 1 amide bonds. The number of amides is 1. The number of nitrogens with one attached hydrogen (secondary N) is 4. The van der Waals surface area contributed by atoms with Crippen LogP contribution < -0.4 is 33.1 Å². The molecule has 248 valence electrons. The zero-order valence-electron chi connectivity index (χ0n) is 22.4. The third kappa shape index (κ3) is 5.75. The van der Waals surface area contributed by atoms with Gasteiger partial charge < -0.3 is 34.8 Å². The van der Waals surface area contributed by atoms with Crippen molar-refractivity contribution < 1.29 is 55.5 Å². The largest absolute Gasteiger partial charge is 0.472 e. The number of nitrogens with two attached hydrogens (primary N) is 2. The van der Waals surface area contributed by atoms with Crippen LogP contribution in [-0.2, 0) is 48.7 Å². The minimum atomic E-state index is -5.15. The molecule has 5 fully saturated rings. The van der Waals surface area contributed by atoms with Gasteiger partial charge in [0.1, 0.15) is 49.2 Å². The van der Waals surface area contributed by atoms with E-state index in [2.05, 4.69) is 41.9 Å². The topological polar surface area (TPSA) is 290 Å². The number of alkyl halides is 2. The van der Waals surface area contributed by atoms with Gasteiger partial charge in [-0.3, -0.25) is 29.4 Å². The second kappa shape index (κ2) is 11.6. The van der Waals surface area contributed by atoms with Crippen molar-refractivity contribution in [3.63, 3.8) is 0 Å². The number of nitrogen functional groups attached to an aromatic ring is 1. The fourth-order valence-electron chi connectivity index (χ4n) is 5.50. The summed E-state index contributed by atoms with van der Waals surface area (Å²) in [5, 5.41) is 14.2. The number of rotatable bonds is 2. The highest BCUT2D eigenvalue weighted by Gasteiger charge is 2.58. The molecule has 2 aromatic heterocycles. The average Bonchev–Trinajstić information content (AvgIpc) is 3.72. The quantitative estimate of drug-likeness (QED) is 0.139. The predicted octanol–water partition coefficient (Wildman–Crippen LogP) is -3.78. The van der Waals surface area contributed by atoms with Crippen LogP contribution in [0.3, 0.4) is 0 Å². The lowest BCUT2D eigenvalue weighted by Gasteiger charge is -2.37. The molecule has 7 heterocycles. The number of phosphoric ester groups is 1. The lowest BCUT2D eigenvalue weighted by molar-refractivity contribution is -0.138. The first-order valence-electron chi connectivity index (χ1n) is 13.2. The van der Waals surface area contributed by atoms with Crippen molar-refractivity contribution >= 4 is 49.2 Å². The number of hydrazine groups is 2. The Hall–Kier alpha value is -2.03. The molecule has 5 unspecified atom stereocenters. The molecule has 5 saturated heterocycles. The number of hydrogen-bond donors (Lipinski definition) is 8. The third-order valence-corrected chi connectivity index (χ3v) is 10.1. The Morgan fingerprint density at radius 2 is 1.82 bits per heavy atom. The van der Waals surface area contributed by atoms with Gasteiger partial charge in [0.15, 0.2) is 41.8 Å². The number of phosphoric acid groups is 1. The van der Waals surface area contributed by atoms with Crippen molar-refractivity contribution in [2.24, 2.45) is 5.73 Å². The number of anilines is 1. The molecule has 0 radical (unpaired) electrons. The van der Waals surface area contributed by atoms with Crippen LogP contribution in [0.25, 0.3) is 11.2 Å². The van der Waals surface area contributed by atoms with Gasteiger partial charge in [-0.2, -0.15) is 15.2 Å². The number of halogens is 2. The van der Waals surface area contributed by atoms with Gasteiger partial charge in [0.05, 0.1) is 13.2 Å². The Labute approximate surface area is 255 Å². The Balaban J connectivity index is 1.16. The molecule has 0 aliphatic carbocycles. The SMILES string of the molecule is Nc1ncnc2c1nnn2[C@@H]1O[C@@H]2COP(O)(=S)O[C@@H]3[C@@H](F)[C@@H](COP(=O)(O)O[C@H]2[C@@H]1F)O[C@H]3N1NNC2C(=O)NC(N)NC21. The van der Waals surface area contributed by atoms with Crippen LogP contribution in [-0.4, -0.2) is 120 Å². The van der Waals surface area contributed by atoms with Crippen molar-refractivity contribution in [1.82, 2.24) is 51.6 Å². The van der Waals surface area contributed by atoms with E-state index in [9.17, 15) is 19.1 Å². The molecule has 45 heavy (non-hydrogen) atoms. The van der Waals surface area contributed by atoms with Crippen molar-refractivity contribution in [1.29, 1.82) is 0 Å². The first-order chi connectivity index (χ1) is 21.3. The van der Waals surface area contributed by atoms with E-state index >= 15 is 8.78 Å². The van der Waals surface area contributed by atoms with Gasteiger partial charge in [-0.15, -0.1) is 5.10 Å². The summed E-state index contributed by atoms with van der Waals surface area (Å²) in [6.45, 7) is -6.05. The molecule has 2 bridgehead atoms. The molecule has 0 aromatic carbocycles. The highest BCUT2D eigenvalue weighted by atomic mass is 32.5. The van der Waals surface area contributed by atoms with Gasteiger partial charge in [-0.25, -0.2) is 28.7 Å².